The zero-order valence-electron chi connectivity index (χ0n) is 24.0. The summed E-state index contributed by atoms with van der Waals surface area (Å²) in [5.41, 5.74) is 12.5. The highest BCUT2D eigenvalue weighted by Crippen LogP contribution is 2.50. The third-order valence-electron chi connectivity index (χ3n) is 8.91. The summed E-state index contributed by atoms with van der Waals surface area (Å²) in [5.74, 6) is 0. The van der Waals surface area contributed by atoms with Crippen molar-refractivity contribution in [2.24, 2.45) is 0 Å². The van der Waals surface area contributed by atoms with Crippen LogP contribution in [0.5, 0.6) is 0 Å². The smallest absolute Gasteiger partial charge is 0.0594 e. The molecule has 0 atom stereocenters. The molecule has 0 saturated carbocycles. The van der Waals surface area contributed by atoms with Gasteiger partial charge in [0, 0.05) is 70.2 Å². The molecule has 2 N–H and O–H groups in total. The molecule has 0 radical (unpaired) electrons. The van der Waals surface area contributed by atoms with Crippen molar-refractivity contribution in [2.45, 2.75) is 23.6 Å². The molecular weight excluding hydrogens is 536 g/mol. The van der Waals surface area contributed by atoms with Gasteiger partial charge in [0.2, 0.25) is 0 Å². The molecule has 0 amide bonds. The second-order valence-electron chi connectivity index (χ2n) is 11.5. The van der Waals surface area contributed by atoms with Gasteiger partial charge in [-0.1, -0.05) is 36.0 Å². The third kappa shape index (κ3) is 4.51. The molecule has 4 aromatic carbocycles. The molecule has 2 aliphatic rings. The summed E-state index contributed by atoms with van der Waals surface area (Å²) in [6, 6.07) is 27.5. The number of aryl methyl sites for hydroxylation is 2. The quantitative estimate of drug-likeness (QED) is 0.218. The van der Waals surface area contributed by atoms with Crippen LogP contribution in [0.25, 0.3) is 44.1 Å². The summed E-state index contributed by atoms with van der Waals surface area (Å²) >= 11 is 1.89. The van der Waals surface area contributed by atoms with E-state index in [4.69, 9.17) is 4.74 Å². The van der Waals surface area contributed by atoms with Gasteiger partial charge in [0.15, 0.2) is 0 Å². The van der Waals surface area contributed by atoms with Gasteiger partial charge < -0.3 is 19.6 Å². The van der Waals surface area contributed by atoms with Crippen molar-refractivity contribution in [1.82, 2.24) is 14.9 Å². The Morgan fingerprint density at radius 3 is 1.69 bits per heavy atom. The number of fused-ring (bicyclic) bond motifs is 4. The minimum atomic E-state index is 0.825. The first-order valence-electron chi connectivity index (χ1n) is 14.8. The highest BCUT2D eigenvalue weighted by atomic mass is 32.2. The van der Waals surface area contributed by atoms with Crippen LogP contribution in [-0.2, 0) is 4.74 Å². The molecule has 1 fully saturated rings. The lowest BCUT2D eigenvalue weighted by Crippen LogP contribution is -2.41. The van der Waals surface area contributed by atoms with E-state index < -0.39 is 0 Å². The molecule has 0 aliphatic carbocycles. The number of rotatable bonds is 5. The largest absolute Gasteiger partial charge is 0.379 e. The standard InChI is InChI=1S/C36H34N4OS/c1-23-21-37-31-7-3-25(17-29(23)31)27-5-9-33-35(19-27)42-36-20-28(26-4-8-32-30(18-26)24(2)22-38-32)6-10-34(36)40(33)12-11-39-13-15-41-16-14-39/h3-10,17-22,37-38H,11-16H2,1-2H3. The topological polar surface area (TPSA) is 47.3 Å². The Hall–Kier alpha value is -3.97. The zero-order valence-corrected chi connectivity index (χ0v) is 24.9. The van der Waals surface area contributed by atoms with E-state index in [1.165, 1.54) is 76.4 Å². The third-order valence-corrected chi connectivity index (χ3v) is 10.0. The first kappa shape index (κ1) is 25.7. The van der Waals surface area contributed by atoms with Crippen LogP contribution in [0, 0.1) is 13.8 Å². The molecule has 0 unspecified atom stereocenters. The van der Waals surface area contributed by atoms with Gasteiger partial charge in [-0.3, -0.25) is 4.90 Å². The summed E-state index contributed by atoms with van der Waals surface area (Å²) in [6.07, 6.45) is 4.18. The number of morpholine rings is 1. The highest BCUT2D eigenvalue weighted by molar-refractivity contribution is 7.99. The molecule has 0 bridgehead atoms. The number of H-pyrrole nitrogens is 2. The van der Waals surface area contributed by atoms with Crippen LogP contribution in [0.2, 0.25) is 0 Å². The molecule has 210 valence electrons. The van der Waals surface area contributed by atoms with E-state index in [1.54, 1.807) is 0 Å². The van der Waals surface area contributed by atoms with Crippen LogP contribution < -0.4 is 4.90 Å². The van der Waals surface area contributed by atoms with E-state index in [0.29, 0.717) is 0 Å². The molecular formula is C36H34N4OS. The van der Waals surface area contributed by atoms with E-state index in [2.05, 4.69) is 119 Å². The first-order valence-corrected chi connectivity index (χ1v) is 15.6. The molecule has 0 spiro atoms. The number of hydrogen-bond acceptors (Lipinski definition) is 4. The van der Waals surface area contributed by atoms with Crippen LogP contribution in [0.4, 0.5) is 11.4 Å². The SMILES string of the molecule is Cc1c[nH]c2ccc(-c3ccc4c(c3)Sc3cc(-c5ccc6[nH]cc(C)c6c5)ccc3N4CCN3CCOCC3)cc12. The molecule has 5 nitrogen and oxygen atoms in total. The number of ether oxygens (including phenoxy) is 1. The van der Waals surface area contributed by atoms with Crippen LogP contribution >= 0.6 is 11.8 Å². The highest BCUT2D eigenvalue weighted by Gasteiger charge is 2.25. The second kappa shape index (κ2) is 10.4. The zero-order chi connectivity index (χ0) is 28.2. The fourth-order valence-electron chi connectivity index (χ4n) is 6.43. The molecule has 2 aliphatic heterocycles. The summed E-state index contributed by atoms with van der Waals surface area (Å²) < 4.78 is 5.61. The van der Waals surface area contributed by atoms with Crippen molar-refractivity contribution in [2.75, 3.05) is 44.3 Å². The number of nitrogens with zero attached hydrogens (tertiary/aromatic N) is 2. The van der Waals surface area contributed by atoms with Crippen LogP contribution in [0.1, 0.15) is 11.1 Å². The number of aromatic nitrogens is 2. The number of aromatic amines is 2. The Kier molecular flexibility index (Phi) is 6.36. The van der Waals surface area contributed by atoms with E-state index in [-0.39, 0.29) is 0 Å². The monoisotopic (exact) mass is 570 g/mol. The Morgan fingerprint density at radius 2 is 1.14 bits per heavy atom. The Balaban J connectivity index is 1.19. The molecule has 6 heteroatoms. The molecule has 42 heavy (non-hydrogen) atoms. The molecule has 6 aromatic rings. The van der Waals surface area contributed by atoms with Gasteiger partial charge in [-0.2, -0.15) is 0 Å². The summed E-state index contributed by atoms with van der Waals surface area (Å²) in [6.45, 7) is 9.95. The number of anilines is 2. The number of hydrogen-bond donors (Lipinski definition) is 2. The van der Waals surface area contributed by atoms with E-state index >= 15 is 0 Å². The van der Waals surface area contributed by atoms with Crippen LogP contribution in [-0.4, -0.2) is 54.3 Å². The van der Waals surface area contributed by atoms with E-state index in [1.807, 2.05) is 11.8 Å². The average molecular weight is 571 g/mol. The lowest BCUT2D eigenvalue weighted by atomic mass is 10.0. The fourth-order valence-corrected chi connectivity index (χ4v) is 7.61. The minimum absolute atomic E-state index is 0.825. The number of benzene rings is 4. The Labute approximate surface area is 250 Å². The lowest BCUT2D eigenvalue weighted by molar-refractivity contribution is 0.0394. The predicted molar refractivity (Wildman–Crippen MR) is 175 cm³/mol. The lowest BCUT2D eigenvalue weighted by Gasteiger charge is -2.36. The predicted octanol–water partition coefficient (Wildman–Crippen LogP) is 8.53. The van der Waals surface area contributed by atoms with Gasteiger partial charge in [0.25, 0.3) is 0 Å². The Morgan fingerprint density at radius 1 is 0.643 bits per heavy atom. The maximum Gasteiger partial charge on any atom is 0.0594 e. The number of nitrogens with one attached hydrogen (secondary N) is 2. The molecule has 8 rings (SSSR count). The molecule has 2 aromatic heterocycles. The van der Waals surface area contributed by atoms with Gasteiger partial charge >= 0.3 is 0 Å². The average Bonchev–Trinajstić information content (AvgIpc) is 3.60. The normalized spacial score (nSPS) is 15.3. The second-order valence-corrected chi connectivity index (χ2v) is 12.6. The van der Waals surface area contributed by atoms with Crippen LogP contribution in [0.15, 0.2) is 95.0 Å². The van der Waals surface area contributed by atoms with Crippen molar-refractivity contribution >= 4 is 44.9 Å². The van der Waals surface area contributed by atoms with Crippen LogP contribution in [0.3, 0.4) is 0 Å². The van der Waals surface area contributed by atoms with Gasteiger partial charge in [-0.05, 0) is 95.8 Å². The molecule has 4 heterocycles. The Bertz CT molecular complexity index is 1820. The van der Waals surface area contributed by atoms with Gasteiger partial charge in [-0.25, -0.2) is 0 Å². The van der Waals surface area contributed by atoms with Crippen molar-refractivity contribution in [1.29, 1.82) is 0 Å². The summed E-state index contributed by atoms with van der Waals surface area (Å²) in [7, 11) is 0. The van der Waals surface area contributed by atoms with E-state index in [0.717, 1.165) is 39.4 Å². The van der Waals surface area contributed by atoms with Crippen molar-refractivity contribution in [3.63, 3.8) is 0 Å². The first-order chi connectivity index (χ1) is 20.6. The van der Waals surface area contributed by atoms with Gasteiger partial charge in [0.1, 0.15) is 0 Å². The van der Waals surface area contributed by atoms with Gasteiger partial charge in [-0.15, -0.1) is 0 Å². The fraction of sp³-hybridized carbons (Fsp3) is 0.222. The van der Waals surface area contributed by atoms with Crippen molar-refractivity contribution < 1.29 is 4.74 Å². The maximum atomic E-state index is 5.61. The van der Waals surface area contributed by atoms with Gasteiger partial charge in [0.05, 0.1) is 24.6 Å². The van der Waals surface area contributed by atoms with Crippen molar-refractivity contribution in [3.8, 4) is 22.3 Å². The summed E-state index contributed by atoms with van der Waals surface area (Å²) in [4.78, 5) is 14.4. The van der Waals surface area contributed by atoms with Crippen molar-refractivity contribution in [3.05, 3.63) is 96.3 Å². The minimum Gasteiger partial charge on any atom is -0.379 e. The summed E-state index contributed by atoms with van der Waals surface area (Å²) in [5, 5.41) is 2.57. The maximum absolute atomic E-state index is 5.61. The molecule has 1 saturated heterocycles. The van der Waals surface area contributed by atoms with E-state index in [9.17, 15) is 0 Å².